The van der Waals surface area contributed by atoms with Gasteiger partial charge in [-0.3, -0.25) is 4.79 Å². The number of anilines is 2. The molecule has 0 fully saturated rings. The lowest BCUT2D eigenvalue weighted by Gasteiger charge is -2.05. The van der Waals surface area contributed by atoms with Crippen LogP contribution < -0.4 is 11.1 Å². The molecule has 0 atom stereocenters. The topological polar surface area (TPSA) is 55.1 Å². The van der Waals surface area contributed by atoms with Gasteiger partial charge >= 0.3 is 0 Å². The zero-order valence-corrected chi connectivity index (χ0v) is 12.3. The molecule has 0 bridgehead atoms. The SMILES string of the molecule is CC(C)c1ccc(/C=C/C(=O)Nc2cccc(N)c2)cc1. The van der Waals surface area contributed by atoms with Crippen molar-refractivity contribution in [2.24, 2.45) is 0 Å². The second kappa shape index (κ2) is 6.75. The van der Waals surface area contributed by atoms with Gasteiger partial charge in [0.25, 0.3) is 0 Å². The average molecular weight is 280 g/mol. The number of rotatable bonds is 4. The number of hydrogen-bond donors (Lipinski definition) is 2. The van der Waals surface area contributed by atoms with Gasteiger partial charge in [0.1, 0.15) is 0 Å². The molecule has 0 aromatic heterocycles. The summed E-state index contributed by atoms with van der Waals surface area (Å²) in [4.78, 5) is 11.8. The van der Waals surface area contributed by atoms with E-state index in [9.17, 15) is 4.79 Å². The highest BCUT2D eigenvalue weighted by Crippen LogP contribution is 2.15. The number of benzene rings is 2. The average Bonchev–Trinajstić information content (AvgIpc) is 2.45. The number of amides is 1. The summed E-state index contributed by atoms with van der Waals surface area (Å²) in [7, 11) is 0. The van der Waals surface area contributed by atoms with Gasteiger partial charge in [-0.1, -0.05) is 44.2 Å². The van der Waals surface area contributed by atoms with E-state index in [0.29, 0.717) is 17.3 Å². The Morgan fingerprint density at radius 3 is 2.48 bits per heavy atom. The molecule has 0 saturated carbocycles. The smallest absolute Gasteiger partial charge is 0.248 e. The van der Waals surface area contributed by atoms with Crippen LogP contribution in [0.2, 0.25) is 0 Å². The van der Waals surface area contributed by atoms with Crippen LogP contribution in [0.1, 0.15) is 30.9 Å². The predicted molar refractivity (Wildman–Crippen MR) is 89.0 cm³/mol. The van der Waals surface area contributed by atoms with E-state index >= 15 is 0 Å². The van der Waals surface area contributed by atoms with Gasteiger partial charge in [-0.05, 0) is 41.3 Å². The van der Waals surface area contributed by atoms with Crippen molar-refractivity contribution in [1.82, 2.24) is 0 Å². The van der Waals surface area contributed by atoms with Crippen molar-refractivity contribution < 1.29 is 4.79 Å². The van der Waals surface area contributed by atoms with Gasteiger partial charge in [-0.25, -0.2) is 0 Å². The Kier molecular flexibility index (Phi) is 4.77. The maximum Gasteiger partial charge on any atom is 0.248 e. The number of nitrogens with one attached hydrogen (secondary N) is 1. The summed E-state index contributed by atoms with van der Waals surface area (Å²) in [5, 5.41) is 2.78. The molecule has 3 N–H and O–H groups in total. The number of nitrogen functional groups attached to an aromatic ring is 1. The molecule has 21 heavy (non-hydrogen) atoms. The Morgan fingerprint density at radius 1 is 1.14 bits per heavy atom. The van der Waals surface area contributed by atoms with E-state index in [1.807, 2.05) is 12.1 Å². The van der Waals surface area contributed by atoms with Gasteiger partial charge < -0.3 is 11.1 Å². The largest absolute Gasteiger partial charge is 0.399 e. The fraction of sp³-hybridized carbons (Fsp3) is 0.167. The third-order valence-corrected chi connectivity index (χ3v) is 3.18. The highest BCUT2D eigenvalue weighted by molar-refractivity contribution is 6.02. The highest BCUT2D eigenvalue weighted by atomic mass is 16.1. The molecule has 0 aliphatic carbocycles. The van der Waals surface area contributed by atoms with Crippen molar-refractivity contribution in [2.45, 2.75) is 19.8 Å². The van der Waals surface area contributed by atoms with Crippen LogP contribution >= 0.6 is 0 Å². The Hall–Kier alpha value is -2.55. The van der Waals surface area contributed by atoms with Crippen LogP contribution in [-0.4, -0.2) is 5.91 Å². The Labute approximate surface area is 125 Å². The van der Waals surface area contributed by atoms with E-state index < -0.39 is 0 Å². The summed E-state index contributed by atoms with van der Waals surface area (Å²) in [5.74, 6) is 0.336. The van der Waals surface area contributed by atoms with E-state index in [-0.39, 0.29) is 5.91 Å². The molecule has 0 radical (unpaired) electrons. The van der Waals surface area contributed by atoms with E-state index in [1.165, 1.54) is 11.6 Å². The van der Waals surface area contributed by atoms with Crippen LogP contribution in [0.3, 0.4) is 0 Å². The van der Waals surface area contributed by atoms with Gasteiger partial charge in [0.15, 0.2) is 0 Å². The molecule has 2 aromatic rings. The molecule has 0 aliphatic heterocycles. The predicted octanol–water partition coefficient (Wildman–Crippen LogP) is 4.04. The summed E-state index contributed by atoms with van der Waals surface area (Å²) in [6.45, 7) is 4.31. The molecule has 2 rings (SSSR count). The van der Waals surface area contributed by atoms with Gasteiger partial charge in [0.05, 0.1) is 0 Å². The maximum atomic E-state index is 11.8. The van der Waals surface area contributed by atoms with Crippen LogP contribution in [0, 0.1) is 0 Å². The van der Waals surface area contributed by atoms with Crippen LogP contribution in [-0.2, 0) is 4.79 Å². The third kappa shape index (κ3) is 4.49. The Balaban J connectivity index is 1.98. The number of hydrogen-bond acceptors (Lipinski definition) is 2. The molecule has 0 saturated heterocycles. The zero-order valence-electron chi connectivity index (χ0n) is 12.3. The fourth-order valence-electron chi connectivity index (χ4n) is 1.96. The van der Waals surface area contributed by atoms with Crippen LogP contribution in [0.5, 0.6) is 0 Å². The van der Waals surface area contributed by atoms with Crippen molar-refractivity contribution in [2.75, 3.05) is 11.1 Å². The van der Waals surface area contributed by atoms with Crippen LogP contribution in [0.4, 0.5) is 11.4 Å². The van der Waals surface area contributed by atoms with Crippen molar-refractivity contribution in [3.05, 3.63) is 65.7 Å². The molecular weight excluding hydrogens is 260 g/mol. The van der Waals surface area contributed by atoms with E-state index in [4.69, 9.17) is 5.73 Å². The summed E-state index contributed by atoms with van der Waals surface area (Å²) < 4.78 is 0. The number of nitrogens with two attached hydrogens (primary N) is 1. The molecule has 0 spiro atoms. The van der Waals surface area contributed by atoms with Crippen molar-refractivity contribution in [1.29, 1.82) is 0 Å². The summed E-state index contributed by atoms with van der Waals surface area (Å²) in [5.41, 5.74) is 9.28. The van der Waals surface area contributed by atoms with Crippen molar-refractivity contribution >= 4 is 23.4 Å². The molecule has 0 aliphatic rings. The summed E-state index contributed by atoms with van der Waals surface area (Å²) in [6.07, 6.45) is 3.32. The van der Waals surface area contributed by atoms with Gasteiger partial charge in [0, 0.05) is 17.5 Å². The summed E-state index contributed by atoms with van der Waals surface area (Å²) >= 11 is 0. The lowest BCUT2D eigenvalue weighted by atomic mass is 10.0. The minimum absolute atomic E-state index is 0.173. The third-order valence-electron chi connectivity index (χ3n) is 3.18. The lowest BCUT2D eigenvalue weighted by molar-refractivity contribution is -0.111. The van der Waals surface area contributed by atoms with Gasteiger partial charge in [-0.15, -0.1) is 0 Å². The maximum absolute atomic E-state index is 11.8. The molecule has 2 aromatic carbocycles. The molecule has 0 heterocycles. The molecule has 3 heteroatoms. The minimum atomic E-state index is -0.173. The highest BCUT2D eigenvalue weighted by Gasteiger charge is 1.99. The molecule has 1 amide bonds. The second-order valence-corrected chi connectivity index (χ2v) is 5.27. The normalized spacial score (nSPS) is 11.0. The van der Waals surface area contributed by atoms with E-state index in [2.05, 4.69) is 31.3 Å². The van der Waals surface area contributed by atoms with E-state index in [0.717, 1.165) is 5.56 Å². The number of carbonyl (C=O) groups is 1. The van der Waals surface area contributed by atoms with E-state index in [1.54, 1.807) is 30.3 Å². The molecular formula is C18H20N2O. The van der Waals surface area contributed by atoms with Crippen LogP contribution in [0.25, 0.3) is 6.08 Å². The number of carbonyl (C=O) groups excluding carboxylic acids is 1. The quantitative estimate of drug-likeness (QED) is 0.656. The van der Waals surface area contributed by atoms with Gasteiger partial charge in [-0.2, -0.15) is 0 Å². The first-order chi connectivity index (χ1) is 10.0. The monoisotopic (exact) mass is 280 g/mol. The van der Waals surface area contributed by atoms with Crippen LogP contribution in [0.15, 0.2) is 54.6 Å². The molecule has 0 unspecified atom stereocenters. The summed E-state index contributed by atoms with van der Waals surface area (Å²) in [6, 6.07) is 15.3. The fourth-order valence-corrected chi connectivity index (χ4v) is 1.96. The molecule has 108 valence electrons. The molecule has 3 nitrogen and oxygen atoms in total. The Morgan fingerprint density at radius 2 is 1.86 bits per heavy atom. The second-order valence-electron chi connectivity index (χ2n) is 5.27. The zero-order chi connectivity index (χ0) is 15.2. The first-order valence-corrected chi connectivity index (χ1v) is 6.99. The first kappa shape index (κ1) is 14.9. The van der Waals surface area contributed by atoms with Crippen molar-refractivity contribution in [3.63, 3.8) is 0 Å². The standard InChI is InChI=1S/C18H20N2O/c1-13(2)15-9-6-14(7-10-15)8-11-18(21)20-17-5-3-4-16(19)12-17/h3-13H,19H2,1-2H3,(H,20,21)/b11-8+. The minimum Gasteiger partial charge on any atom is -0.399 e. The Bertz CT molecular complexity index is 643. The van der Waals surface area contributed by atoms with Gasteiger partial charge in [0.2, 0.25) is 5.91 Å². The lowest BCUT2D eigenvalue weighted by Crippen LogP contribution is -2.07. The van der Waals surface area contributed by atoms with Crippen molar-refractivity contribution in [3.8, 4) is 0 Å². The first-order valence-electron chi connectivity index (χ1n) is 6.99.